The molecule has 0 saturated heterocycles. The second-order valence-electron chi connectivity index (χ2n) is 5.03. The van der Waals surface area contributed by atoms with Gasteiger partial charge in [-0.3, -0.25) is 0 Å². The third-order valence-corrected chi connectivity index (χ3v) is 3.53. The number of aryl methyl sites for hydroxylation is 1. The van der Waals surface area contributed by atoms with Crippen LogP contribution in [0.4, 0.5) is 4.39 Å². The number of unbranched alkanes of at least 4 members (excludes halogenated alkanes) is 2. The maximum absolute atomic E-state index is 13.6. The van der Waals surface area contributed by atoms with Crippen LogP contribution in [0.1, 0.15) is 42.9 Å². The van der Waals surface area contributed by atoms with Gasteiger partial charge in [-0.25, -0.2) is 4.39 Å². The standard InChI is InChI=1S/C19H18ClF/c1-2-3-4-5-15-6-8-16(9-7-15)10-11-17-12-13-18(20)14-19(17)21/h6-9,12-14H,2-5H2,1H3. The van der Waals surface area contributed by atoms with Crippen molar-refractivity contribution < 1.29 is 4.39 Å². The Morgan fingerprint density at radius 3 is 2.43 bits per heavy atom. The zero-order valence-electron chi connectivity index (χ0n) is 12.1. The summed E-state index contributed by atoms with van der Waals surface area (Å²) < 4.78 is 13.6. The molecule has 0 heterocycles. The van der Waals surface area contributed by atoms with Crippen molar-refractivity contribution in [1.29, 1.82) is 0 Å². The molecule has 0 N–H and O–H groups in total. The molecule has 0 atom stereocenters. The van der Waals surface area contributed by atoms with Gasteiger partial charge >= 0.3 is 0 Å². The molecule has 0 fully saturated rings. The van der Waals surface area contributed by atoms with Crippen molar-refractivity contribution in [3.8, 4) is 11.8 Å². The Bertz CT molecular complexity index is 648. The number of halogens is 2. The summed E-state index contributed by atoms with van der Waals surface area (Å²) in [5.41, 5.74) is 2.58. The van der Waals surface area contributed by atoms with Gasteiger partial charge in [0.2, 0.25) is 0 Å². The van der Waals surface area contributed by atoms with E-state index in [0.717, 1.165) is 12.0 Å². The maximum Gasteiger partial charge on any atom is 0.140 e. The summed E-state index contributed by atoms with van der Waals surface area (Å²) in [7, 11) is 0. The van der Waals surface area contributed by atoms with Gasteiger partial charge in [0.05, 0.1) is 5.56 Å². The van der Waals surface area contributed by atoms with E-state index in [4.69, 9.17) is 11.6 Å². The first-order valence-electron chi connectivity index (χ1n) is 7.25. The van der Waals surface area contributed by atoms with Crippen LogP contribution < -0.4 is 0 Å². The van der Waals surface area contributed by atoms with Crippen molar-refractivity contribution in [2.24, 2.45) is 0 Å². The summed E-state index contributed by atoms with van der Waals surface area (Å²) in [6.45, 7) is 2.20. The highest BCUT2D eigenvalue weighted by molar-refractivity contribution is 6.30. The lowest BCUT2D eigenvalue weighted by atomic mass is 10.1. The van der Waals surface area contributed by atoms with Crippen molar-refractivity contribution in [2.45, 2.75) is 32.6 Å². The molecule has 2 aromatic rings. The average Bonchev–Trinajstić information content (AvgIpc) is 2.48. The van der Waals surface area contributed by atoms with E-state index in [1.807, 2.05) is 12.1 Å². The predicted molar refractivity (Wildman–Crippen MR) is 87.1 cm³/mol. The van der Waals surface area contributed by atoms with E-state index in [9.17, 15) is 4.39 Å². The van der Waals surface area contributed by atoms with Gasteiger partial charge < -0.3 is 0 Å². The Kier molecular flexibility index (Phi) is 5.84. The molecule has 0 spiro atoms. The van der Waals surface area contributed by atoms with Crippen molar-refractivity contribution >= 4 is 11.6 Å². The van der Waals surface area contributed by atoms with Gasteiger partial charge in [-0.05, 0) is 48.7 Å². The van der Waals surface area contributed by atoms with Crippen LogP contribution in [-0.4, -0.2) is 0 Å². The minimum absolute atomic E-state index is 0.367. The molecule has 0 aliphatic heterocycles. The molecular weight excluding hydrogens is 283 g/mol. The van der Waals surface area contributed by atoms with Crippen LogP contribution in [0.15, 0.2) is 42.5 Å². The highest BCUT2D eigenvalue weighted by Crippen LogP contribution is 2.14. The summed E-state index contributed by atoms with van der Waals surface area (Å²) in [4.78, 5) is 0. The van der Waals surface area contributed by atoms with Crippen molar-refractivity contribution in [1.82, 2.24) is 0 Å². The first-order chi connectivity index (χ1) is 10.2. The van der Waals surface area contributed by atoms with Crippen molar-refractivity contribution in [3.63, 3.8) is 0 Å². The first-order valence-corrected chi connectivity index (χ1v) is 7.63. The average molecular weight is 301 g/mol. The van der Waals surface area contributed by atoms with Gasteiger partial charge in [0.25, 0.3) is 0 Å². The predicted octanol–water partition coefficient (Wildman–Crippen LogP) is 5.61. The van der Waals surface area contributed by atoms with E-state index >= 15 is 0 Å². The number of benzene rings is 2. The number of rotatable bonds is 4. The van der Waals surface area contributed by atoms with Crippen LogP contribution in [0.5, 0.6) is 0 Å². The Balaban J connectivity index is 2.05. The van der Waals surface area contributed by atoms with Crippen molar-refractivity contribution in [2.75, 3.05) is 0 Å². The topological polar surface area (TPSA) is 0 Å². The molecule has 0 aromatic heterocycles. The summed E-state index contributed by atoms with van der Waals surface area (Å²) in [5, 5.41) is 0.384. The van der Waals surface area contributed by atoms with Gasteiger partial charge in [-0.1, -0.05) is 55.3 Å². The molecule has 108 valence electrons. The van der Waals surface area contributed by atoms with Crippen LogP contribution in [0.2, 0.25) is 5.02 Å². The summed E-state index contributed by atoms with van der Waals surface area (Å²) in [6, 6.07) is 12.7. The zero-order chi connectivity index (χ0) is 15.1. The van der Waals surface area contributed by atoms with Crippen LogP contribution >= 0.6 is 11.6 Å². The van der Waals surface area contributed by atoms with Gasteiger partial charge in [-0.15, -0.1) is 0 Å². The second kappa shape index (κ2) is 7.86. The molecule has 2 rings (SSSR count). The SMILES string of the molecule is CCCCCc1ccc(C#Cc2ccc(Cl)cc2F)cc1. The van der Waals surface area contributed by atoms with E-state index in [0.29, 0.717) is 10.6 Å². The minimum Gasteiger partial charge on any atom is -0.206 e. The van der Waals surface area contributed by atoms with E-state index in [-0.39, 0.29) is 5.82 Å². The smallest absolute Gasteiger partial charge is 0.140 e. The Morgan fingerprint density at radius 1 is 1.00 bits per heavy atom. The van der Waals surface area contributed by atoms with E-state index < -0.39 is 0 Å². The lowest BCUT2D eigenvalue weighted by Crippen LogP contribution is -1.86. The third kappa shape index (κ3) is 4.92. The van der Waals surface area contributed by atoms with Crippen LogP contribution in [-0.2, 0) is 6.42 Å². The highest BCUT2D eigenvalue weighted by Gasteiger charge is 1.99. The van der Waals surface area contributed by atoms with E-state index in [1.54, 1.807) is 12.1 Å². The second-order valence-corrected chi connectivity index (χ2v) is 5.46. The summed E-state index contributed by atoms with van der Waals surface area (Å²) in [6.07, 6.45) is 4.82. The maximum atomic E-state index is 13.6. The molecule has 0 aliphatic rings. The van der Waals surface area contributed by atoms with E-state index in [1.165, 1.54) is 30.9 Å². The Morgan fingerprint density at radius 2 is 1.76 bits per heavy atom. The number of hydrogen-bond donors (Lipinski definition) is 0. The molecule has 0 unspecified atom stereocenters. The molecule has 0 nitrogen and oxygen atoms in total. The van der Waals surface area contributed by atoms with Crippen LogP contribution in [0.3, 0.4) is 0 Å². The molecule has 2 aromatic carbocycles. The monoisotopic (exact) mass is 300 g/mol. The molecule has 0 aliphatic carbocycles. The molecule has 0 amide bonds. The largest absolute Gasteiger partial charge is 0.206 e. The van der Waals surface area contributed by atoms with Gasteiger partial charge in [0.1, 0.15) is 5.82 Å². The summed E-state index contributed by atoms with van der Waals surface area (Å²) >= 11 is 5.72. The van der Waals surface area contributed by atoms with Crippen LogP contribution in [0, 0.1) is 17.7 Å². The lowest BCUT2D eigenvalue weighted by molar-refractivity contribution is 0.624. The van der Waals surface area contributed by atoms with Crippen LogP contribution in [0.25, 0.3) is 0 Å². The normalized spacial score (nSPS) is 10.0. The fraction of sp³-hybridized carbons (Fsp3) is 0.263. The number of hydrogen-bond acceptors (Lipinski definition) is 0. The first kappa shape index (κ1) is 15.6. The fourth-order valence-electron chi connectivity index (χ4n) is 2.06. The lowest BCUT2D eigenvalue weighted by Gasteiger charge is -2.00. The molecule has 0 radical (unpaired) electrons. The van der Waals surface area contributed by atoms with E-state index in [2.05, 4.69) is 30.9 Å². The Labute approximate surface area is 131 Å². The molecule has 0 bridgehead atoms. The van der Waals surface area contributed by atoms with Gasteiger partial charge in [0, 0.05) is 10.6 Å². The quantitative estimate of drug-likeness (QED) is 0.508. The fourth-order valence-corrected chi connectivity index (χ4v) is 2.22. The van der Waals surface area contributed by atoms with Gasteiger partial charge in [-0.2, -0.15) is 0 Å². The Hall–Kier alpha value is -1.78. The molecular formula is C19H18ClF. The molecule has 21 heavy (non-hydrogen) atoms. The van der Waals surface area contributed by atoms with Gasteiger partial charge in [0.15, 0.2) is 0 Å². The molecule has 0 saturated carbocycles. The third-order valence-electron chi connectivity index (χ3n) is 3.30. The zero-order valence-corrected chi connectivity index (χ0v) is 12.9. The summed E-state index contributed by atoms with van der Waals surface area (Å²) in [5.74, 6) is 5.44. The minimum atomic E-state index is -0.383. The molecule has 2 heteroatoms. The van der Waals surface area contributed by atoms with Crippen molar-refractivity contribution in [3.05, 3.63) is 70.0 Å². The highest BCUT2D eigenvalue weighted by atomic mass is 35.5.